The summed E-state index contributed by atoms with van der Waals surface area (Å²) in [6.45, 7) is 2.59. The Kier molecular flexibility index (Phi) is 5.22. The number of hydrogen-bond donors (Lipinski definition) is 2. The number of carbonyl (C=O) groups is 1. The largest absolute Gasteiger partial charge is 0.370 e. The van der Waals surface area contributed by atoms with Crippen molar-refractivity contribution in [2.45, 2.75) is 32.4 Å². The van der Waals surface area contributed by atoms with Crippen molar-refractivity contribution in [2.24, 2.45) is 5.73 Å². The van der Waals surface area contributed by atoms with Gasteiger partial charge in [-0.05, 0) is 31.0 Å². The monoisotopic (exact) mass is 306 g/mol. The summed E-state index contributed by atoms with van der Waals surface area (Å²) in [5.74, 6) is 0.461. The molecule has 0 saturated carbocycles. The lowest BCUT2D eigenvalue weighted by atomic mass is 10.1. The summed E-state index contributed by atoms with van der Waals surface area (Å²) >= 11 is 5.98. The summed E-state index contributed by atoms with van der Waals surface area (Å²) in [6.07, 6.45) is 2.98. The Bertz CT molecular complexity index is 611. The van der Waals surface area contributed by atoms with Crippen LogP contribution in [0, 0.1) is 0 Å². The first-order valence-corrected chi connectivity index (χ1v) is 7.23. The molecule has 1 atom stereocenters. The molecular formula is C15H19ClN4O. The van der Waals surface area contributed by atoms with Crippen LogP contribution in [-0.2, 0) is 17.8 Å². The standard InChI is InChI=1S/C15H19ClN4O/c1-11(9-12-3-2-4-13(16)10-12)18-15-6-8-20(19-15)7-5-14(17)21/h2-4,6,8,10-11H,5,7,9H2,1H3,(H2,17,21)(H,18,19)/t11-/m0/s1. The summed E-state index contributed by atoms with van der Waals surface area (Å²) in [5.41, 5.74) is 6.30. The Morgan fingerprint density at radius 1 is 1.48 bits per heavy atom. The number of halogens is 1. The summed E-state index contributed by atoms with van der Waals surface area (Å²) in [7, 11) is 0. The van der Waals surface area contributed by atoms with E-state index in [9.17, 15) is 4.79 Å². The third kappa shape index (κ3) is 5.11. The molecule has 3 N–H and O–H groups in total. The topological polar surface area (TPSA) is 72.9 Å². The van der Waals surface area contributed by atoms with Crippen LogP contribution in [0.2, 0.25) is 5.02 Å². The second kappa shape index (κ2) is 7.13. The fourth-order valence-electron chi connectivity index (χ4n) is 2.11. The predicted octanol–water partition coefficient (Wildman–Crippen LogP) is 2.45. The Labute approximate surface area is 129 Å². The molecule has 6 heteroatoms. The third-order valence-electron chi connectivity index (χ3n) is 3.05. The number of anilines is 1. The first-order valence-electron chi connectivity index (χ1n) is 6.85. The number of primary amides is 1. The van der Waals surface area contributed by atoms with Gasteiger partial charge in [0, 0.05) is 36.3 Å². The van der Waals surface area contributed by atoms with E-state index in [2.05, 4.69) is 23.4 Å². The molecule has 0 aliphatic rings. The van der Waals surface area contributed by atoms with Crippen molar-refractivity contribution in [1.82, 2.24) is 9.78 Å². The minimum Gasteiger partial charge on any atom is -0.370 e. The molecule has 2 rings (SSSR count). The number of nitrogens with zero attached hydrogens (tertiary/aromatic N) is 2. The van der Waals surface area contributed by atoms with Gasteiger partial charge < -0.3 is 11.1 Å². The maximum Gasteiger partial charge on any atom is 0.219 e. The van der Waals surface area contributed by atoms with Gasteiger partial charge >= 0.3 is 0 Å². The molecular weight excluding hydrogens is 288 g/mol. The van der Waals surface area contributed by atoms with E-state index < -0.39 is 0 Å². The van der Waals surface area contributed by atoms with Gasteiger partial charge in [-0.25, -0.2) is 0 Å². The molecule has 0 aliphatic carbocycles. The van der Waals surface area contributed by atoms with Crippen molar-refractivity contribution in [3.63, 3.8) is 0 Å². The lowest BCUT2D eigenvalue weighted by molar-refractivity contribution is -0.118. The normalized spacial score (nSPS) is 12.1. The fourth-order valence-corrected chi connectivity index (χ4v) is 2.32. The first-order chi connectivity index (χ1) is 10.0. The van der Waals surface area contributed by atoms with Gasteiger partial charge in [-0.3, -0.25) is 9.48 Å². The summed E-state index contributed by atoms with van der Waals surface area (Å²) in [4.78, 5) is 10.7. The zero-order valence-corrected chi connectivity index (χ0v) is 12.7. The Hall–Kier alpha value is -2.01. The van der Waals surface area contributed by atoms with E-state index in [-0.39, 0.29) is 11.9 Å². The molecule has 0 bridgehead atoms. The van der Waals surface area contributed by atoms with Crippen LogP contribution in [0.4, 0.5) is 5.82 Å². The highest BCUT2D eigenvalue weighted by atomic mass is 35.5. The molecule has 2 aromatic rings. The van der Waals surface area contributed by atoms with E-state index >= 15 is 0 Å². The zero-order valence-electron chi connectivity index (χ0n) is 11.9. The van der Waals surface area contributed by atoms with Gasteiger partial charge in [0.15, 0.2) is 0 Å². The highest BCUT2D eigenvalue weighted by Crippen LogP contribution is 2.14. The second-order valence-corrected chi connectivity index (χ2v) is 5.50. The number of carbonyl (C=O) groups excluding carboxylic acids is 1. The van der Waals surface area contributed by atoms with Crippen LogP contribution in [0.15, 0.2) is 36.5 Å². The molecule has 0 radical (unpaired) electrons. The van der Waals surface area contributed by atoms with Gasteiger partial charge in [-0.1, -0.05) is 23.7 Å². The highest BCUT2D eigenvalue weighted by molar-refractivity contribution is 6.30. The summed E-state index contributed by atoms with van der Waals surface area (Å²) < 4.78 is 1.71. The Balaban J connectivity index is 1.87. The molecule has 1 aromatic heterocycles. The molecule has 0 spiro atoms. The molecule has 0 fully saturated rings. The smallest absolute Gasteiger partial charge is 0.219 e. The summed E-state index contributed by atoms with van der Waals surface area (Å²) in [6, 6.07) is 9.94. The van der Waals surface area contributed by atoms with Gasteiger partial charge in [0.1, 0.15) is 5.82 Å². The SMILES string of the molecule is C[C@@H](Cc1cccc(Cl)c1)Nc1ccn(CCC(N)=O)n1. The molecule has 112 valence electrons. The van der Waals surface area contributed by atoms with Crippen molar-refractivity contribution < 1.29 is 4.79 Å². The number of amides is 1. The molecule has 1 aromatic carbocycles. The highest BCUT2D eigenvalue weighted by Gasteiger charge is 2.07. The average Bonchev–Trinajstić information content (AvgIpc) is 2.83. The Morgan fingerprint density at radius 2 is 2.29 bits per heavy atom. The molecule has 21 heavy (non-hydrogen) atoms. The van der Waals surface area contributed by atoms with Gasteiger partial charge in [-0.15, -0.1) is 0 Å². The molecule has 0 saturated heterocycles. The minimum atomic E-state index is -0.325. The van der Waals surface area contributed by atoms with Crippen molar-refractivity contribution in [1.29, 1.82) is 0 Å². The maximum absolute atomic E-state index is 10.7. The number of benzene rings is 1. The third-order valence-corrected chi connectivity index (χ3v) is 3.29. The molecule has 5 nitrogen and oxygen atoms in total. The van der Waals surface area contributed by atoms with Crippen molar-refractivity contribution in [3.05, 3.63) is 47.1 Å². The second-order valence-electron chi connectivity index (χ2n) is 5.06. The number of nitrogens with one attached hydrogen (secondary N) is 1. The van der Waals surface area contributed by atoms with Gasteiger partial charge in [0.05, 0.1) is 0 Å². The van der Waals surface area contributed by atoms with Crippen LogP contribution in [0.1, 0.15) is 18.9 Å². The van der Waals surface area contributed by atoms with Crippen molar-refractivity contribution in [2.75, 3.05) is 5.32 Å². The van der Waals surface area contributed by atoms with Crippen LogP contribution in [0.25, 0.3) is 0 Å². The number of aromatic nitrogens is 2. The van der Waals surface area contributed by atoms with Gasteiger partial charge in [0.2, 0.25) is 5.91 Å². The molecule has 0 unspecified atom stereocenters. The number of hydrogen-bond acceptors (Lipinski definition) is 3. The number of aryl methyl sites for hydroxylation is 1. The molecule has 1 heterocycles. The Morgan fingerprint density at radius 3 is 3.00 bits per heavy atom. The van der Waals surface area contributed by atoms with E-state index in [1.165, 1.54) is 5.56 Å². The minimum absolute atomic E-state index is 0.225. The van der Waals surface area contributed by atoms with E-state index in [1.807, 2.05) is 30.5 Å². The van der Waals surface area contributed by atoms with Crippen LogP contribution in [0.3, 0.4) is 0 Å². The van der Waals surface area contributed by atoms with Gasteiger partial charge in [-0.2, -0.15) is 5.10 Å². The van der Waals surface area contributed by atoms with Crippen LogP contribution < -0.4 is 11.1 Å². The van der Waals surface area contributed by atoms with E-state index in [0.29, 0.717) is 13.0 Å². The number of nitrogens with two attached hydrogens (primary N) is 1. The van der Waals surface area contributed by atoms with E-state index in [0.717, 1.165) is 17.3 Å². The van der Waals surface area contributed by atoms with E-state index in [4.69, 9.17) is 17.3 Å². The molecule has 1 amide bonds. The molecule has 0 aliphatic heterocycles. The quantitative estimate of drug-likeness (QED) is 0.825. The predicted molar refractivity (Wildman–Crippen MR) is 84.3 cm³/mol. The van der Waals surface area contributed by atoms with Crippen molar-refractivity contribution in [3.8, 4) is 0 Å². The first kappa shape index (κ1) is 15.4. The zero-order chi connectivity index (χ0) is 15.2. The number of rotatable bonds is 7. The fraction of sp³-hybridized carbons (Fsp3) is 0.333. The average molecular weight is 307 g/mol. The lowest BCUT2D eigenvalue weighted by Crippen LogP contribution is -2.19. The van der Waals surface area contributed by atoms with Crippen LogP contribution in [0.5, 0.6) is 0 Å². The van der Waals surface area contributed by atoms with Crippen LogP contribution >= 0.6 is 11.6 Å². The lowest BCUT2D eigenvalue weighted by Gasteiger charge is -2.13. The summed E-state index contributed by atoms with van der Waals surface area (Å²) in [5, 5.41) is 8.43. The van der Waals surface area contributed by atoms with Crippen molar-refractivity contribution >= 4 is 23.3 Å². The van der Waals surface area contributed by atoms with Gasteiger partial charge in [0.25, 0.3) is 0 Å². The maximum atomic E-state index is 10.7. The van der Waals surface area contributed by atoms with Crippen LogP contribution in [-0.4, -0.2) is 21.7 Å². The van der Waals surface area contributed by atoms with E-state index in [1.54, 1.807) is 4.68 Å².